The highest BCUT2D eigenvalue weighted by Gasteiger charge is 2.40. The van der Waals surface area contributed by atoms with Crippen molar-refractivity contribution in [3.05, 3.63) is 56.9 Å². The molecule has 4 heterocycles. The predicted octanol–water partition coefficient (Wildman–Crippen LogP) is 4.26. The molecule has 0 amide bonds. The van der Waals surface area contributed by atoms with Crippen LogP contribution in [0.4, 0.5) is 10.1 Å². The number of quaternary nitrogens is 1. The zero-order valence-corrected chi connectivity index (χ0v) is 30.8. The Morgan fingerprint density at radius 3 is 2.37 bits per heavy atom. The van der Waals surface area contributed by atoms with Gasteiger partial charge in [0.2, 0.25) is 5.43 Å². The second kappa shape index (κ2) is 17.2. The number of fused-ring (bicyclic) bond motifs is 2. The van der Waals surface area contributed by atoms with Gasteiger partial charge in [-0.1, -0.05) is 0 Å². The van der Waals surface area contributed by atoms with Crippen LogP contribution >= 0.6 is 0 Å². The molecule has 0 radical (unpaired) electrons. The number of unbranched alkanes of at least 4 members (excludes halogenated alkanes) is 2. The highest BCUT2D eigenvalue weighted by molar-refractivity contribution is 5.98. The van der Waals surface area contributed by atoms with E-state index in [1.54, 1.807) is 6.92 Å². The van der Waals surface area contributed by atoms with E-state index in [0.29, 0.717) is 67.5 Å². The number of carbonyl (C=O) groups excluding carboxylic acids is 3. The molecule has 0 bridgehead atoms. The van der Waals surface area contributed by atoms with Crippen LogP contribution in [-0.4, -0.2) is 60.2 Å². The maximum absolute atomic E-state index is 16.2. The van der Waals surface area contributed by atoms with Crippen LogP contribution in [0.1, 0.15) is 97.4 Å². The van der Waals surface area contributed by atoms with E-state index in [4.69, 9.17) is 31.8 Å². The molecule has 2 N–H and O–H groups in total. The summed E-state index contributed by atoms with van der Waals surface area (Å²) in [4.78, 5) is 59.6. The van der Waals surface area contributed by atoms with Crippen molar-refractivity contribution in [2.45, 2.75) is 96.4 Å². The number of nitrogens with two attached hydrogens (primary N) is 1. The Kier molecular flexibility index (Phi) is 12.2. The summed E-state index contributed by atoms with van der Waals surface area (Å²) in [5.41, 5.74) is 0.550. The molecule has 3 fully saturated rings. The molecule has 284 valence electrons. The molecule has 2 unspecified atom stereocenters. The van der Waals surface area contributed by atoms with Gasteiger partial charge in [-0.25, -0.2) is 9.18 Å². The summed E-state index contributed by atoms with van der Waals surface area (Å²) in [5.74, 6) is 2.97. The van der Waals surface area contributed by atoms with Gasteiger partial charge < -0.3 is 33.7 Å². The second-order valence-electron chi connectivity index (χ2n) is 14.1. The normalized spacial score (nSPS) is 17.7. The highest BCUT2D eigenvalue weighted by Crippen LogP contribution is 2.45. The minimum atomic E-state index is -1.01. The second-order valence-corrected chi connectivity index (χ2v) is 14.1. The lowest BCUT2D eigenvalue weighted by molar-refractivity contribution is -0.699. The fourth-order valence-electron chi connectivity index (χ4n) is 7.45. The first-order chi connectivity index (χ1) is 26.1. The number of ether oxygens (including phenoxy) is 4. The van der Waals surface area contributed by atoms with Gasteiger partial charge in [0.25, 0.3) is 0 Å². The number of rotatable bonds is 15. The Balaban J connectivity index is 1.35. The Bertz CT molecular complexity index is 2060. The molecule has 2 atom stereocenters. The van der Waals surface area contributed by atoms with E-state index >= 15 is 4.39 Å². The molecule has 1 aromatic carbocycles. The van der Waals surface area contributed by atoms with Gasteiger partial charge in [-0.15, -0.1) is 24.7 Å². The number of nitrogens with zero attached hydrogens (tertiary/aromatic N) is 3. The van der Waals surface area contributed by atoms with Crippen molar-refractivity contribution in [1.82, 2.24) is 9.55 Å². The Labute approximate surface area is 313 Å². The minimum Gasteiger partial charge on any atom is -0.492 e. The van der Waals surface area contributed by atoms with Crippen molar-refractivity contribution < 1.29 is 43.0 Å². The molecule has 1 aliphatic carbocycles. The summed E-state index contributed by atoms with van der Waals surface area (Å²) in [6, 6.07) is 1.53. The van der Waals surface area contributed by atoms with Crippen LogP contribution in [0.15, 0.2) is 23.3 Å². The van der Waals surface area contributed by atoms with E-state index in [1.165, 1.54) is 25.6 Å². The summed E-state index contributed by atoms with van der Waals surface area (Å²) >= 11 is 0. The molecule has 6 rings (SSSR count). The minimum absolute atomic E-state index is 0.000839. The molecule has 12 nitrogen and oxygen atoms in total. The zero-order valence-electron chi connectivity index (χ0n) is 30.8. The summed E-state index contributed by atoms with van der Waals surface area (Å²) in [5, 5.41) is 2.33. The maximum Gasteiger partial charge on any atom is 0.349 e. The lowest BCUT2D eigenvalue weighted by Gasteiger charge is -2.24. The van der Waals surface area contributed by atoms with Crippen molar-refractivity contribution in [3.63, 3.8) is 0 Å². The molecule has 0 spiro atoms. The van der Waals surface area contributed by atoms with E-state index < -0.39 is 29.2 Å². The molecular formula is C41H46FN4O8+. The van der Waals surface area contributed by atoms with Gasteiger partial charge in [-0.2, -0.15) is 0 Å². The van der Waals surface area contributed by atoms with Gasteiger partial charge in [0.15, 0.2) is 17.3 Å². The average molecular weight is 742 g/mol. The number of aromatic nitrogens is 2. The van der Waals surface area contributed by atoms with Gasteiger partial charge in [-0.3, -0.25) is 19.4 Å². The monoisotopic (exact) mass is 741 g/mol. The van der Waals surface area contributed by atoms with Gasteiger partial charge in [0.05, 0.1) is 36.8 Å². The third kappa shape index (κ3) is 8.37. The molecule has 2 aliphatic heterocycles. The number of carbonyl (C=O) groups is 3. The number of pyridine rings is 2. The number of aryl methyl sites for hydroxylation is 1. The summed E-state index contributed by atoms with van der Waals surface area (Å²) in [6.45, 7) is 3.41. The maximum atomic E-state index is 16.2. The van der Waals surface area contributed by atoms with E-state index in [-0.39, 0.29) is 65.8 Å². The average Bonchev–Trinajstić information content (AvgIpc) is 3.92. The molecule has 2 aromatic heterocycles. The highest BCUT2D eigenvalue weighted by atomic mass is 19.1. The lowest BCUT2D eigenvalue weighted by atomic mass is 9.94. The van der Waals surface area contributed by atoms with Crippen molar-refractivity contribution in [2.24, 2.45) is 5.92 Å². The molecule has 3 aromatic rings. The smallest absolute Gasteiger partial charge is 0.349 e. The number of terminal acetylenes is 2. The van der Waals surface area contributed by atoms with Gasteiger partial charge in [0, 0.05) is 67.7 Å². The van der Waals surface area contributed by atoms with Crippen LogP contribution < -0.4 is 25.1 Å². The summed E-state index contributed by atoms with van der Waals surface area (Å²) < 4.78 is 40.8. The summed E-state index contributed by atoms with van der Waals surface area (Å²) in [7, 11) is 1.47. The predicted molar refractivity (Wildman–Crippen MR) is 197 cm³/mol. The van der Waals surface area contributed by atoms with Crippen molar-refractivity contribution in [2.75, 3.05) is 31.6 Å². The van der Waals surface area contributed by atoms with Crippen LogP contribution in [0, 0.1) is 43.3 Å². The zero-order chi connectivity index (χ0) is 38.4. The first kappa shape index (κ1) is 38.3. The number of hydrogen-bond acceptors (Lipinski definition) is 10. The largest absolute Gasteiger partial charge is 0.492 e. The van der Waals surface area contributed by atoms with E-state index in [9.17, 15) is 19.2 Å². The van der Waals surface area contributed by atoms with Gasteiger partial charge in [-0.05, 0) is 51.5 Å². The quantitative estimate of drug-likeness (QED) is 0.136. The van der Waals surface area contributed by atoms with Crippen LogP contribution in [-0.2, 0) is 32.3 Å². The Hall–Kier alpha value is -5.40. The van der Waals surface area contributed by atoms with Gasteiger partial charge in [0.1, 0.15) is 30.5 Å². The van der Waals surface area contributed by atoms with E-state index in [2.05, 4.69) is 22.1 Å². The number of halogens is 1. The molecule has 3 aliphatic rings. The number of benzene rings is 1. The number of esters is 3. The van der Waals surface area contributed by atoms with Crippen LogP contribution in [0.2, 0.25) is 0 Å². The Morgan fingerprint density at radius 1 is 1.02 bits per heavy atom. The summed E-state index contributed by atoms with van der Waals surface area (Å²) in [6.07, 6.45) is 19.2. The van der Waals surface area contributed by atoms with Crippen LogP contribution in [0.25, 0.3) is 10.9 Å². The number of methoxy groups -OCH3 is 1. The standard InChI is InChI=1S/C41H45FN4O8/c1-5-7-9-13-34(47)52-23-27-19-44-25(3)39(31(27)24-53-35(48)14-10-8-6-2)54-41(50)30-21-46(28-15-16-28)36-29(38(30)49)18-32(42)37(40(36)51-4)45-20-26-12-11-17-43-33(26)22-45/h1-2,18-19,21,26,28,33,43H,7-17,20,22-24H2,3-4H3/p+1. The topological polar surface area (TPSA) is 143 Å². The molecule has 54 heavy (non-hydrogen) atoms. The fourth-order valence-corrected chi connectivity index (χ4v) is 7.45. The van der Waals surface area contributed by atoms with Crippen molar-refractivity contribution in [1.29, 1.82) is 0 Å². The fraction of sp³-hybridized carbons (Fsp3) is 0.488. The first-order valence-electron chi connectivity index (χ1n) is 18.6. The van der Waals surface area contributed by atoms with E-state index in [0.717, 1.165) is 32.2 Å². The number of hydrogen-bond donors (Lipinski definition) is 1. The first-order valence-corrected chi connectivity index (χ1v) is 18.6. The van der Waals surface area contributed by atoms with Crippen LogP contribution in [0.3, 0.4) is 0 Å². The molecule has 2 saturated heterocycles. The molecule has 13 heteroatoms. The SMILES string of the molecule is C#CCCCC(=O)OCc1cnc(C)c(OC(=O)c2cn(C3CC3)c3c(OC)c(N4CC5CCC[NH2+]C5C4)c(F)cc3c2=O)c1COC(=O)CCCC#C. The third-order valence-corrected chi connectivity index (χ3v) is 10.4. The van der Waals surface area contributed by atoms with Gasteiger partial charge >= 0.3 is 17.9 Å². The number of piperidine rings is 1. The van der Waals surface area contributed by atoms with Crippen molar-refractivity contribution >= 4 is 34.5 Å². The van der Waals surface area contributed by atoms with Crippen LogP contribution in [0.5, 0.6) is 11.5 Å². The molecule has 1 saturated carbocycles. The lowest BCUT2D eigenvalue weighted by Crippen LogP contribution is -2.93. The Morgan fingerprint density at radius 2 is 1.72 bits per heavy atom. The number of anilines is 1. The third-order valence-electron chi connectivity index (χ3n) is 10.4. The van der Waals surface area contributed by atoms with E-state index in [1.807, 2.05) is 9.47 Å². The molecular weight excluding hydrogens is 695 g/mol. The van der Waals surface area contributed by atoms with Crippen molar-refractivity contribution in [3.8, 4) is 36.2 Å².